The molecule has 1 aliphatic heterocycles. The third-order valence-corrected chi connectivity index (χ3v) is 10.5. The number of carbonyl (C=O) groups is 2. The minimum atomic E-state index is -0.461. The number of aromatic nitrogens is 1. The first kappa shape index (κ1) is 27.1. The van der Waals surface area contributed by atoms with Crippen LogP contribution in [0.5, 0.6) is 0 Å². The predicted octanol–water partition coefficient (Wildman–Crippen LogP) is 5.88. The number of carbonyl (C=O) groups excluding carboxylic acids is 2. The standard InChI is InChI=1S/C32H45BN2O4/c1-19(2)12-29(33-38-28-17-23-16-27(31(23,3)4)32(28,5)39-33)35-30(37)21(15-24(36)13-20-10-11-20)14-22-18-34-26-9-7-6-8-25(22)26/h6-9,18-21,23,27-29,34H,10-17H2,1-5H3,(H,35,37)/t21-,23+,27+,28-,29+,32+/m1/s1. The average molecular weight is 533 g/mol. The van der Waals surface area contributed by atoms with E-state index in [4.69, 9.17) is 9.31 Å². The van der Waals surface area contributed by atoms with Gasteiger partial charge in [0, 0.05) is 35.9 Å². The third-order valence-electron chi connectivity index (χ3n) is 10.5. The van der Waals surface area contributed by atoms with Crippen molar-refractivity contribution in [1.82, 2.24) is 10.3 Å². The number of H-pyrrole nitrogens is 1. The first-order valence-electron chi connectivity index (χ1n) is 15.2. The van der Waals surface area contributed by atoms with E-state index in [2.05, 4.69) is 51.0 Å². The summed E-state index contributed by atoms with van der Waals surface area (Å²) in [4.78, 5) is 30.3. The minimum Gasteiger partial charge on any atom is -0.404 e. The second-order valence-corrected chi connectivity index (χ2v) is 14.2. The second-order valence-electron chi connectivity index (χ2n) is 14.2. The molecule has 1 amide bonds. The fraction of sp³-hybridized carbons (Fsp3) is 0.688. The average Bonchev–Trinajstić information content (AvgIpc) is 3.47. The van der Waals surface area contributed by atoms with Crippen LogP contribution in [0.4, 0.5) is 0 Å². The predicted molar refractivity (Wildman–Crippen MR) is 154 cm³/mol. The smallest absolute Gasteiger partial charge is 0.404 e. The van der Waals surface area contributed by atoms with Crippen LogP contribution in [0.25, 0.3) is 10.9 Å². The van der Waals surface area contributed by atoms with E-state index < -0.39 is 13.0 Å². The zero-order valence-electron chi connectivity index (χ0n) is 24.3. The molecule has 2 bridgehead atoms. The van der Waals surface area contributed by atoms with Crippen molar-refractivity contribution in [2.75, 3.05) is 0 Å². The Bertz CT molecular complexity index is 1240. The summed E-state index contributed by atoms with van der Waals surface area (Å²) in [7, 11) is -0.461. The fourth-order valence-electron chi connectivity index (χ4n) is 7.94. The number of aromatic amines is 1. The van der Waals surface area contributed by atoms with Crippen LogP contribution < -0.4 is 5.32 Å². The number of amides is 1. The van der Waals surface area contributed by atoms with Crippen LogP contribution >= 0.6 is 0 Å². The summed E-state index contributed by atoms with van der Waals surface area (Å²) in [5.74, 6) is 1.51. The van der Waals surface area contributed by atoms with Gasteiger partial charge in [-0.05, 0) is 86.2 Å². The number of nitrogens with one attached hydrogen (secondary N) is 2. The molecule has 2 N–H and O–H groups in total. The molecule has 4 saturated carbocycles. The Morgan fingerprint density at radius 2 is 1.92 bits per heavy atom. The summed E-state index contributed by atoms with van der Waals surface area (Å²) in [6, 6.07) is 8.16. The zero-order chi connectivity index (χ0) is 27.5. The van der Waals surface area contributed by atoms with Gasteiger partial charge in [0.25, 0.3) is 0 Å². The number of para-hydroxylation sites is 1. The molecule has 1 aromatic heterocycles. The molecular formula is C32H45BN2O4. The molecule has 210 valence electrons. The SMILES string of the molecule is CC(C)C[C@H](NC(=O)[C@@H](CC(=O)CC1CC1)Cc1c[nH]c2ccccc12)B1O[C@@H]2C[C@@H]3C[C@@H](C3(C)C)[C@]2(C)O1. The van der Waals surface area contributed by atoms with E-state index >= 15 is 0 Å². The lowest BCUT2D eigenvalue weighted by molar-refractivity contribution is -0.199. The van der Waals surface area contributed by atoms with Gasteiger partial charge in [0.15, 0.2) is 0 Å². The lowest BCUT2D eigenvalue weighted by Crippen LogP contribution is -2.65. The van der Waals surface area contributed by atoms with Gasteiger partial charge in [-0.25, -0.2) is 0 Å². The largest absolute Gasteiger partial charge is 0.481 e. The van der Waals surface area contributed by atoms with Crippen LogP contribution in [0.1, 0.15) is 85.1 Å². The van der Waals surface area contributed by atoms with Crippen molar-refractivity contribution in [3.8, 4) is 0 Å². The van der Waals surface area contributed by atoms with Crippen molar-refractivity contribution in [3.63, 3.8) is 0 Å². The molecular weight excluding hydrogens is 487 g/mol. The second kappa shape index (κ2) is 10.1. The molecule has 4 aliphatic carbocycles. The van der Waals surface area contributed by atoms with Crippen molar-refractivity contribution in [2.45, 2.75) is 104 Å². The number of ketones is 1. The Balaban J connectivity index is 1.20. The lowest BCUT2D eigenvalue weighted by atomic mass is 9.43. The van der Waals surface area contributed by atoms with Gasteiger partial charge in [-0.1, -0.05) is 45.9 Å². The van der Waals surface area contributed by atoms with Crippen LogP contribution in [0.2, 0.25) is 0 Å². The molecule has 39 heavy (non-hydrogen) atoms. The Labute approximate surface area is 233 Å². The molecule has 7 rings (SSSR count). The molecule has 0 radical (unpaired) electrons. The number of rotatable bonds is 11. The Hall–Kier alpha value is -2.12. The normalized spacial score (nSPS) is 30.6. The Kier molecular flexibility index (Phi) is 6.98. The highest BCUT2D eigenvalue weighted by atomic mass is 16.7. The molecule has 2 heterocycles. The number of benzene rings is 1. The van der Waals surface area contributed by atoms with E-state index in [0.29, 0.717) is 36.5 Å². The molecule has 7 heteroatoms. The molecule has 6 atom stereocenters. The van der Waals surface area contributed by atoms with Gasteiger partial charge in [-0.15, -0.1) is 0 Å². The lowest BCUT2D eigenvalue weighted by Gasteiger charge is -2.64. The molecule has 1 saturated heterocycles. The van der Waals surface area contributed by atoms with Gasteiger partial charge in [-0.3, -0.25) is 9.59 Å². The maximum atomic E-state index is 14.0. The summed E-state index contributed by atoms with van der Waals surface area (Å²) >= 11 is 0. The number of hydrogen-bond donors (Lipinski definition) is 2. The molecule has 2 aromatic rings. The van der Waals surface area contributed by atoms with E-state index in [1.165, 1.54) is 6.42 Å². The van der Waals surface area contributed by atoms with Crippen molar-refractivity contribution in [3.05, 3.63) is 36.0 Å². The Morgan fingerprint density at radius 3 is 2.64 bits per heavy atom. The van der Waals surface area contributed by atoms with Crippen molar-refractivity contribution < 1.29 is 18.9 Å². The van der Waals surface area contributed by atoms with Gasteiger partial charge >= 0.3 is 7.12 Å². The van der Waals surface area contributed by atoms with Crippen molar-refractivity contribution in [1.29, 1.82) is 0 Å². The fourth-order valence-corrected chi connectivity index (χ4v) is 7.94. The van der Waals surface area contributed by atoms with Gasteiger partial charge in [-0.2, -0.15) is 0 Å². The van der Waals surface area contributed by atoms with E-state index in [1.807, 2.05) is 24.4 Å². The first-order valence-corrected chi connectivity index (χ1v) is 15.2. The summed E-state index contributed by atoms with van der Waals surface area (Å²) in [5, 5.41) is 4.47. The summed E-state index contributed by atoms with van der Waals surface area (Å²) in [6.45, 7) is 11.3. The minimum absolute atomic E-state index is 0.0630. The maximum absolute atomic E-state index is 14.0. The number of fused-ring (bicyclic) bond motifs is 1. The van der Waals surface area contributed by atoms with E-state index in [-0.39, 0.29) is 41.2 Å². The zero-order valence-corrected chi connectivity index (χ0v) is 24.3. The molecule has 0 unspecified atom stereocenters. The summed E-state index contributed by atoms with van der Waals surface area (Å²) in [6.07, 6.45) is 8.74. The van der Waals surface area contributed by atoms with Crippen LogP contribution in [0.15, 0.2) is 30.5 Å². The molecule has 1 aromatic carbocycles. The van der Waals surface area contributed by atoms with Gasteiger partial charge in [0.1, 0.15) is 5.78 Å². The van der Waals surface area contributed by atoms with Crippen LogP contribution in [0.3, 0.4) is 0 Å². The quantitative estimate of drug-likeness (QED) is 0.354. The topological polar surface area (TPSA) is 80.4 Å². The van der Waals surface area contributed by atoms with Crippen LogP contribution in [0, 0.1) is 35.0 Å². The maximum Gasteiger partial charge on any atom is 0.481 e. The monoisotopic (exact) mass is 532 g/mol. The molecule has 6 nitrogen and oxygen atoms in total. The molecule has 0 spiro atoms. The third kappa shape index (κ3) is 5.10. The first-order chi connectivity index (χ1) is 18.5. The molecule has 5 aliphatic rings. The summed E-state index contributed by atoms with van der Waals surface area (Å²) < 4.78 is 13.4. The van der Waals surface area contributed by atoms with Gasteiger partial charge < -0.3 is 19.6 Å². The highest BCUT2D eigenvalue weighted by Crippen LogP contribution is 2.65. The van der Waals surface area contributed by atoms with Gasteiger partial charge in [0.05, 0.1) is 17.6 Å². The van der Waals surface area contributed by atoms with E-state index in [0.717, 1.165) is 42.1 Å². The van der Waals surface area contributed by atoms with Crippen molar-refractivity contribution in [2.24, 2.45) is 35.0 Å². The van der Waals surface area contributed by atoms with E-state index in [1.54, 1.807) is 0 Å². The number of Topliss-reactive ketones (excluding diaryl/α,β-unsaturated/α-hetero) is 1. The number of hydrogen-bond acceptors (Lipinski definition) is 4. The summed E-state index contributed by atoms with van der Waals surface area (Å²) in [5.41, 5.74) is 2.09. The van der Waals surface area contributed by atoms with Crippen LogP contribution in [-0.2, 0) is 25.3 Å². The highest BCUT2D eigenvalue weighted by molar-refractivity contribution is 6.47. The Morgan fingerprint density at radius 1 is 1.15 bits per heavy atom. The van der Waals surface area contributed by atoms with Crippen LogP contribution in [-0.4, -0.2) is 41.4 Å². The van der Waals surface area contributed by atoms with Gasteiger partial charge in [0.2, 0.25) is 5.91 Å². The molecule has 5 fully saturated rings. The van der Waals surface area contributed by atoms with Crippen molar-refractivity contribution >= 4 is 29.7 Å². The van der Waals surface area contributed by atoms with E-state index in [9.17, 15) is 9.59 Å². The highest BCUT2D eigenvalue weighted by Gasteiger charge is 2.68.